The third-order valence-electron chi connectivity index (χ3n) is 2.86. The van der Waals surface area contributed by atoms with Crippen LogP contribution in [0.4, 0.5) is 0 Å². The molecule has 0 radical (unpaired) electrons. The first-order valence-corrected chi connectivity index (χ1v) is 8.10. The Labute approximate surface area is 128 Å². The Hall–Kier alpha value is -0.320. The molecule has 0 spiro atoms. The molecule has 0 fully saturated rings. The molecule has 0 aliphatic heterocycles. The van der Waals surface area contributed by atoms with Crippen molar-refractivity contribution in [1.29, 1.82) is 0 Å². The lowest BCUT2D eigenvalue weighted by Gasteiger charge is -2.15. The summed E-state index contributed by atoms with van der Waals surface area (Å²) in [6, 6.07) is 8.43. The molecule has 0 amide bonds. The summed E-state index contributed by atoms with van der Waals surface area (Å²) in [4.78, 5) is 1.47. The van der Waals surface area contributed by atoms with Gasteiger partial charge in [-0.25, -0.2) is 0 Å². The van der Waals surface area contributed by atoms with Crippen molar-refractivity contribution in [3.63, 3.8) is 0 Å². The van der Waals surface area contributed by atoms with E-state index >= 15 is 0 Å². The Kier molecular flexibility index (Phi) is 4.51. The molecule has 0 bridgehead atoms. The van der Waals surface area contributed by atoms with Crippen molar-refractivity contribution in [3.8, 4) is 5.75 Å². The first-order valence-electron chi connectivity index (χ1n) is 5.57. The predicted molar refractivity (Wildman–Crippen MR) is 85.3 cm³/mol. The van der Waals surface area contributed by atoms with Crippen molar-refractivity contribution in [1.82, 2.24) is 0 Å². The van der Waals surface area contributed by atoms with Crippen molar-refractivity contribution >= 4 is 43.2 Å². The van der Waals surface area contributed by atoms with Crippen LogP contribution in [0.2, 0.25) is 0 Å². The van der Waals surface area contributed by atoms with Crippen molar-refractivity contribution in [3.05, 3.63) is 49.6 Å². The third-order valence-corrected chi connectivity index (χ3v) is 5.41. The van der Waals surface area contributed by atoms with Crippen LogP contribution in [0.3, 0.4) is 0 Å². The number of thiophene rings is 1. The van der Waals surface area contributed by atoms with Gasteiger partial charge in [-0.3, -0.25) is 0 Å². The minimum Gasteiger partial charge on any atom is -0.496 e. The van der Waals surface area contributed by atoms with Crippen LogP contribution in [0.15, 0.2) is 28.1 Å². The normalized spacial score (nSPS) is 12.5. The summed E-state index contributed by atoms with van der Waals surface area (Å²) in [6.45, 7) is 4.24. The smallest absolute Gasteiger partial charge is 0.123 e. The Balaban J connectivity index is 2.48. The average Bonchev–Trinajstić information content (AvgIpc) is 2.67. The second-order valence-electron chi connectivity index (χ2n) is 4.17. The fraction of sp³-hybridized carbons (Fsp3) is 0.286. The fourth-order valence-electron chi connectivity index (χ4n) is 1.93. The lowest BCUT2D eigenvalue weighted by molar-refractivity contribution is 0.410. The van der Waals surface area contributed by atoms with Crippen LogP contribution in [0, 0.1) is 13.8 Å². The number of hydrogen-bond donors (Lipinski definition) is 0. The summed E-state index contributed by atoms with van der Waals surface area (Å²) < 4.78 is 6.61. The molecule has 18 heavy (non-hydrogen) atoms. The molecule has 1 atom stereocenters. The van der Waals surface area contributed by atoms with Gasteiger partial charge >= 0.3 is 0 Å². The molecule has 1 aromatic heterocycles. The summed E-state index contributed by atoms with van der Waals surface area (Å²) in [5.41, 5.74) is 3.70. The van der Waals surface area contributed by atoms with Crippen molar-refractivity contribution in [2.24, 2.45) is 0 Å². The minimum absolute atomic E-state index is 0.162. The van der Waals surface area contributed by atoms with Gasteiger partial charge in [-0.1, -0.05) is 33.6 Å². The Morgan fingerprint density at radius 3 is 2.44 bits per heavy atom. The highest BCUT2D eigenvalue weighted by Gasteiger charge is 2.19. The number of benzene rings is 1. The van der Waals surface area contributed by atoms with Crippen LogP contribution >= 0.6 is 43.2 Å². The number of hydrogen-bond acceptors (Lipinski definition) is 2. The zero-order valence-electron chi connectivity index (χ0n) is 10.5. The van der Waals surface area contributed by atoms with Gasteiger partial charge in [0.15, 0.2) is 0 Å². The van der Waals surface area contributed by atoms with E-state index in [4.69, 9.17) is 4.74 Å². The quantitative estimate of drug-likeness (QED) is 0.619. The maximum atomic E-state index is 5.45. The van der Waals surface area contributed by atoms with Crippen LogP contribution in [0.25, 0.3) is 0 Å². The number of ether oxygens (including phenoxy) is 1. The highest BCUT2D eigenvalue weighted by Crippen LogP contribution is 2.41. The number of methoxy groups -OCH3 is 1. The Morgan fingerprint density at radius 1 is 1.17 bits per heavy atom. The lowest BCUT2D eigenvalue weighted by Crippen LogP contribution is -1.97. The number of alkyl halides is 1. The molecular weight excluding hydrogens is 376 g/mol. The van der Waals surface area contributed by atoms with E-state index in [9.17, 15) is 0 Å². The van der Waals surface area contributed by atoms with Gasteiger partial charge in [-0.2, -0.15) is 0 Å². The van der Waals surface area contributed by atoms with E-state index in [2.05, 4.69) is 63.9 Å². The van der Waals surface area contributed by atoms with Gasteiger partial charge in [-0.05, 0) is 47.5 Å². The predicted octanol–water partition coefficient (Wildman–Crippen LogP) is 5.62. The Bertz CT molecular complexity index is 563. The molecule has 1 heterocycles. The average molecular weight is 390 g/mol. The molecule has 4 heteroatoms. The van der Waals surface area contributed by atoms with Crippen LogP contribution in [-0.2, 0) is 0 Å². The maximum absolute atomic E-state index is 5.45. The van der Waals surface area contributed by atoms with E-state index in [0.717, 1.165) is 9.54 Å². The molecule has 0 aliphatic carbocycles. The molecule has 2 rings (SSSR count). The topological polar surface area (TPSA) is 9.23 Å². The molecule has 0 saturated heterocycles. The first kappa shape index (κ1) is 14.1. The van der Waals surface area contributed by atoms with Gasteiger partial charge in [0.2, 0.25) is 0 Å². The largest absolute Gasteiger partial charge is 0.496 e. The van der Waals surface area contributed by atoms with Gasteiger partial charge in [-0.15, -0.1) is 11.3 Å². The lowest BCUT2D eigenvalue weighted by atomic mass is 10.0. The monoisotopic (exact) mass is 388 g/mol. The van der Waals surface area contributed by atoms with Crippen LogP contribution in [0.1, 0.15) is 26.4 Å². The molecule has 0 aliphatic rings. The summed E-state index contributed by atoms with van der Waals surface area (Å²) in [7, 11) is 1.71. The summed E-state index contributed by atoms with van der Waals surface area (Å²) in [5.74, 6) is 0.921. The second kappa shape index (κ2) is 5.76. The molecule has 0 N–H and O–H groups in total. The zero-order chi connectivity index (χ0) is 13.3. The first-order chi connectivity index (χ1) is 8.52. The van der Waals surface area contributed by atoms with E-state index in [0.29, 0.717) is 0 Å². The van der Waals surface area contributed by atoms with Crippen LogP contribution in [-0.4, -0.2) is 7.11 Å². The molecule has 1 unspecified atom stereocenters. The summed E-state index contributed by atoms with van der Waals surface area (Å²) >= 11 is 9.09. The van der Waals surface area contributed by atoms with Crippen molar-refractivity contribution in [2.45, 2.75) is 18.7 Å². The SMILES string of the molecule is COc1ccc(C)cc1C(Br)c1cc(Br)sc1C. The van der Waals surface area contributed by atoms with Crippen LogP contribution in [0.5, 0.6) is 5.75 Å². The van der Waals surface area contributed by atoms with Gasteiger partial charge in [0.05, 0.1) is 15.7 Å². The van der Waals surface area contributed by atoms with Crippen molar-refractivity contribution in [2.75, 3.05) is 7.11 Å². The molecule has 1 aromatic carbocycles. The number of halogens is 2. The van der Waals surface area contributed by atoms with Gasteiger partial charge < -0.3 is 4.74 Å². The molecular formula is C14H14Br2OS. The maximum Gasteiger partial charge on any atom is 0.123 e. The molecule has 96 valence electrons. The fourth-order valence-corrected chi connectivity index (χ4v) is 4.66. The van der Waals surface area contributed by atoms with E-state index < -0.39 is 0 Å². The zero-order valence-corrected chi connectivity index (χ0v) is 14.4. The van der Waals surface area contributed by atoms with Crippen molar-refractivity contribution < 1.29 is 4.74 Å². The van der Waals surface area contributed by atoms with Gasteiger partial charge in [0.1, 0.15) is 5.75 Å². The minimum atomic E-state index is 0.162. The summed E-state index contributed by atoms with van der Waals surface area (Å²) in [5, 5.41) is 0. The van der Waals surface area contributed by atoms with E-state index in [-0.39, 0.29) is 4.83 Å². The number of aryl methyl sites for hydroxylation is 2. The van der Waals surface area contributed by atoms with E-state index in [1.807, 2.05) is 6.07 Å². The summed E-state index contributed by atoms with van der Waals surface area (Å²) in [6.07, 6.45) is 0. The number of rotatable bonds is 3. The highest BCUT2D eigenvalue weighted by molar-refractivity contribution is 9.11. The third kappa shape index (κ3) is 2.81. The van der Waals surface area contributed by atoms with E-state index in [1.54, 1.807) is 18.4 Å². The van der Waals surface area contributed by atoms with E-state index in [1.165, 1.54) is 21.6 Å². The molecule has 1 nitrogen and oxygen atoms in total. The second-order valence-corrected chi connectivity index (χ2v) is 7.72. The molecule has 2 aromatic rings. The Morgan fingerprint density at radius 2 is 1.89 bits per heavy atom. The highest BCUT2D eigenvalue weighted by atomic mass is 79.9. The van der Waals surface area contributed by atoms with Crippen LogP contribution < -0.4 is 4.74 Å². The molecule has 0 saturated carbocycles. The standard InChI is InChI=1S/C14H14Br2OS/c1-8-4-5-12(17-3)11(6-8)14(16)10-7-13(15)18-9(10)2/h4-7,14H,1-3H3. The van der Waals surface area contributed by atoms with Gasteiger partial charge in [0.25, 0.3) is 0 Å². The van der Waals surface area contributed by atoms with Gasteiger partial charge in [0, 0.05) is 10.4 Å².